The molecule has 0 aliphatic heterocycles. The molecule has 2 atom stereocenters. The van der Waals surface area contributed by atoms with Crippen LogP contribution in [0.25, 0.3) is 0 Å². The Labute approximate surface area is 30.1 Å². The first-order valence-electron chi connectivity index (χ1n) is 0.905. The van der Waals surface area contributed by atoms with E-state index in [2.05, 4.69) is 8.93 Å². The average Bonchev–Trinajstić information content (AvgIpc) is 0.811. The van der Waals surface area contributed by atoms with Gasteiger partial charge in [-0.05, 0) is 7.72 Å². The van der Waals surface area contributed by atoms with Crippen molar-refractivity contribution in [3.05, 3.63) is 0 Å². The van der Waals surface area contributed by atoms with E-state index >= 15 is 0 Å². The van der Waals surface area contributed by atoms with Crippen LogP contribution in [0.15, 0.2) is 0 Å². The molecule has 2 unspecified atom stereocenters. The zero-order chi connectivity index (χ0) is 3.58. The van der Waals surface area contributed by atoms with E-state index < -0.39 is 7.72 Å². The van der Waals surface area contributed by atoms with Gasteiger partial charge in [-0.1, -0.05) is 8.93 Å². The van der Waals surface area contributed by atoms with Crippen molar-refractivity contribution >= 4 is 24.2 Å². The Hall–Kier alpha value is 0.885. The summed E-state index contributed by atoms with van der Waals surface area (Å²) in [6.07, 6.45) is 0. The van der Waals surface area contributed by atoms with Gasteiger partial charge in [-0.3, -0.25) is 0 Å². The third-order valence-corrected chi connectivity index (χ3v) is 0. The summed E-state index contributed by atoms with van der Waals surface area (Å²) in [5, 5.41) is 0. The van der Waals surface area contributed by atoms with Gasteiger partial charge in [-0.15, -0.1) is 0 Å². The van der Waals surface area contributed by atoms with Gasteiger partial charge in [0.1, 0.15) is 0 Å². The molecule has 0 heterocycles. The second-order valence-corrected chi connectivity index (χ2v) is 3.96. The summed E-state index contributed by atoms with van der Waals surface area (Å²) >= 11 is 0. The van der Waals surface area contributed by atoms with Crippen LogP contribution >= 0.6 is 16.6 Å². The zero-order valence-corrected chi connectivity index (χ0v) is 4.52. The van der Waals surface area contributed by atoms with Crippen molar-refractivity contribution in [2.24, 2.45) is 0 Å². The average molecular weight is 93.8 g/mol. The van der Waals surface area contributed by atoms with Gasteiger partial charge in [-0.25, -0.2) is 0 Å². The lowest BCUT2D eigenvalue weighted by Gasteiger charge is -1.80. The van der Waals surface area contributed by atoms with Gasteiger partial charge in [0.05, 0.1) is 0 Å². The first-order valence-corrected chi connectivity index (χ1v) is 4.27. The molecule has 0 radical (unpaired) electrons. The van der Waals surface area contributed by atoms with Gasteiger partial charge in [0, 0.05) is 0 Å². The minimum Gasteiger partial charge on any atom is -0.380 e. The molecule has 1 nitrogen and oxygen atoms in total. The topological polar surface area (TPSA) is 20.2 Å². The van der Waals surface area contributed by atoms with Crippen molar-refractivity contribution in [1.29, 1.82) is 0 Å². The van der Waals surface area contributed by atoms with E-state index in [1.54, 1.807) is 7.57 Å². The van der Waals surface area contributed by atoms with Gasteiger partial charge in [0.25, 0.3) is 0 Å². The highest BCUT2D eigenvalue weighted by Gasteiger charge is 1.69. The number of hydrogen-bond donors (Lipinski definition) is 1. The van der Waals surface area contributed by atoms with Crippen LogP contribution in [0.5, 0.6) is 0 Å². The maximum atomic E-state index is 8.08. The minimum atomic E-state index is -0.704. The van der Waals surface area contributed by atoms with Crippen LogP contribution in [0.4, 0.5) is 0 Å². The molecule has 0 amide bonds. The monoisotopic (exact) mass is 94.0 g/mol. The van der Waals surface area contributed by atoms with E-state index in [-0.39, 0.29) is 0 Å². The highest BCUT2D eigenvalue weighted by atomic mass is 32.0. The normalized spacial score (nSPS) is 15.5. The molecule has 0 aromatic rings. The molecule has 4 heavy (non-hydrogen) atoms. The summed E-state index contributed by atoms with van der Waals surface area (Å²) in [6, 6.07) is 0. The van der Waals surface area contributed by atoms with E-state index in [9.17, 15) is 0 Å². The summed E-state index contributed by atoms with van der Waals surface area (Å²) in [6.45, 7) is 0. The summed E-state index contributed by atoms with van der Waals surface area (Å²) in [5.41, 5.74) is 0. The molecule has 0 spiro atoms. The molecule has 0 saturated carbocycles. The predicted molar refractivity (Wildman–Crippen MR) is 27.4 cm³/mol. The Bertz CT molecular complexity index is 10.8. The highest BCUT2D eigenvalue weighted by molar-refractivity contribution is 8.23. The lowest BCUT2D eigenvalue weighted by Crippen LogP contribution is -1.42. The van der Waals surface area contributed by atoms with Gasteiger partial charge in [0.2, 0.25) is 0 Å². The molecule has 0 aromatic heterocycles. The Kier molecular flexibility index (Phi) is 2.62. The fraction of sp³-hybridized carbons (Fsp3) is 0. The van der Waals surface area contributed by atoms with E-state index in [0.29, 0.717) is 0 Å². The van der Waals surface area contributed by atoms with E-state index in [1.807, 2.05) is 0 Å². The van der Waals surface area contributed by atoms with Crippen LogP contribution in [-0.2, 0) is 0 Å². The Balaban J connectivity index is 2.32. The largest absolute Gasteiger partial charge is 0.380 e. The standard InChI is InChI=1S/BH5OP2/c1-4(2)3/h2H,1,3H2. The predicted octanol–water partition coefficient (Wildman–Crippen LogP) is -0.286. The van der Waals surface area contributed by atoms with Gasteiger partial charge in [-0.2, -0.15) is 0 Å². The van der Waals surface area contributed by atoms with Gasteiger partial charge >= 0.3 is 0 Å². The summed E-state index contributed by atoms with van der Waals surface area (Å²) in [5.74, 6) is 0. The number of hydrogen-bond acceptors (Lipinski definition) is 1. The minimum absolute atomic E-state index is 0.704. The van der Waals surface area contributed by atoms with Crippen LogP contribution in [0.1, 0.15) is 0 Å². The molecular weight excluding hydrogens is 88.8 g/mol. The van der Waals surface area contributed by atoms with Crippen molar-refractivity contribution in [2.75, 3.05) is 0 Å². The summed E-state index contributed by atoms with van der Waals surface area (Å²) < 4.78 is 0. The van der Waals surface area contributed by atoms with Gasteiger partial charge in [0.15, 0.2) is 7.57 Å². The molecular formula is H5BOP2. The molecule has 0 bridgehead atoms. The first-order chi connectivity index (χ1) is 1.73. The molecule has 0 aromatic carbocycles. The van der Waals surface area contributed by atoms with Crippen molar-refractivity contribution < 1.29 is 4.89 Å². The summed E-state index contributed by atoms with van der Waals surface area (Å²) in [4.78, 5) is 8.08. The van der Waals surface area contributed by atoms with Crippen molar-refractivity contribution in [3.8, 4) is 0 Å². The third kappa shape index (κ3) is 13.1. The Morgan fingerprint density at radius 2 is 2.00 bits per heavy atom. The second kappa shape index (κ2) is 2.14. The molecule has 0 saturated heterocycles. The fourth-order valence-corrected chi connectivity index (χ4v) is 0. The van der Waals surface area contributed by atoms with Crippen LogP contribution in [0, 0.1) is 0 Å². The molecule has 0 rings (SSSR count). The SMILES string of the molecule is BP(O)P. The van der Waals surface area contributed by atoms with Crippen LogP contribution in [0.3, 0.4) is 0 Å². The summed E-state index contributed by atoms with van der Waals surface area (Å²) in [7, 11) is 3.32. The van der Waals surface area contributed by atoms with Crippen LogP contribution < -0.4 is 0 Å². The smallest absolute Gasteiger partial charge is 0.173 e. The molecule has 4 heteroatoms. The number of rotatable bonds is 0. The third-order valence-electron chi connectivity index (χ3n) is 0. The van der Waals surface area contributed by atoms with E-state index in [1.165, 1.54) is 0 Å². The molecule has 24 valence electrons. The molecule has 0 aliphatic rings. The van der Waals surface area contributed by atoms with Crippen LogP contribution in [0.2, 0.25) is 0 Å². The molecule has 1 N–H and O–H groups in total. The molecule has 0 fully saturated rings. The Morgan fingerprint density at radius 1 is 2.00 bits per heavy atom. The van der Waals surface area contributed by atoms with Crippen molar-refractivity contribution in [2.45, 2.75) is 0 Å². The van der Waals surface area contributed by atoms with Gasteiger partial charge < -0.3 is 4.89 Å². The van der Waals surface area contributed by atoms with Crippen molar-refractivity contribution in [3.63, 3.8) is 0 Å². The quantitative estimate of drug-likeness (QED) is 0.323. The molecule has 0 aliphatic carbocycles. The fourth-order valence-electron chi connectivity index (χ4n) is 0. The van der Waals surface area contributed by atoms with Crippen LogP contribution in [-0.4, -0.2) is 12.5 Å². The lowest BCUT2D eigenvalue weighted by atomic mass is 10.8. The Morgan fingerprint density at radius 3 is 2.00 bits per heavy atom. The van der Waals surface area contributed by atoms with E-state index in [4.69, 9.17) is 4.89 Å². The maximum absolute atomic E-state index is 8.08. The highest BCUT2D eigenvalue weighted by Crippen LogP contribution is 2.31. The second-order valence-electron chi connectivity index (χ2n) is 0.574. The van der Waals surface area contributed by atoms with Crippen molar-refractivity contribution in [1.82, 2.24) is 0 Å². The maximum Gasteiger partial charge on any atom is 0.173 e. The first kappa shape index (κ1) is 4.88. The van der Waals surface area contributed by atoms with E-state index in [0.717, 1.165) is 0 Å². The zero-order valence-electron chi connectivity index (χ0n) is 2.47. The lowest BCUT2D eigenvalue weighted by molar-refractivity contribution is 0.655.